The molecule has 0 saturated carbocycles. The predicted molar refractivity (Wildman–Crippen MR) is 94.4 cm³/mol. The smallest absolute Gasteiger partial charge is 0.325 e. The van der Waals surface area contributed by atoms with E-state index < -0.39 is 5.97 Å². The van der Waals surface area contributed by atoms with Crippen LogP contribution in [0.2, 0.25) is 0 Å². The van der Waals surface area contributed by atoms with Crippen LogP contribution in [0.15, 0.2) is 18.3 Å². The van der Waals surface area contributed by atoms with Crippen molar-refractivity contribution >= 4 is 5.97 Å². The summed E-state index contributed by atoms with van der Waals surface area (Å²) in [4.78, 5) is 13.4. The molecule has 25 heavy (non-hydrogen) atoms. The number of carboxylic acid groups (broad SMARTS) is 1. The van der Waals surface area contributed by atoms with Crippen LogP contribution in [-0.4, -0.2) is 49.0 Å². The molecule has 7 heteroatoms. The lowest BCUT2D eigenvalue weighted by molar-refractivity contribution is -0.137. The van der Waals surface area contributed by atoms with E-state index in [4.69, 9.17) is 5.11 Å². The third kappa shape index (κ3) is 4.28. The summed E-state index contributed by atoms with van der Waals surface area (Å²) in [6, 6.07) is 4.10. The number of nitrogens with zero attached hydrogens (tertiary/aromatic N) is 4. The van der Waals surface area contributed by atoms with E-state index >= 15 is 0 Å². The highest BCUT2D eigenvalue weighted by Crippen LogP contribution is 2.28. The second kappa shape index (κ2) is 7.00. The van der Waals surface area contributed by atoms with Gasteiger partial charge < -0.3 is 5.11 Å². The number of piperidine rings is 1. The van der Waals surface area contributed by atoms with Crippen molar-refractivity contribution in [3.05, 3.63) is 35.4 Å². The van der Waals surface area contributed by atoms with Crippen LogP contribution in [-0.2, 0) is 23.3 Å². The zero-order valence-electron chi connectivity index (χ0n) is 15.2. The molecule has 1 fully saturated rings. The molecule has 1 atom stereocenters. The number of carbonyl (C=O) groups is 1. The van der Waals surface area contributed by atoms with Crippen LogP contribution in [0.3, 0.4) is 0 Å². The Morgan fingerprint density at radius 2 is 2.24 bits per heavy atom. The van der Waals surface area contributed by atoms with Crippen molar-refractivity contribution in [2.45, 2.75) is 58.0 Å². The van der Waals surface area contributed by atoms with Gasteiger partial charge in [-0.3, -0.25) is 19.5 Å². The molecule has 2 aromatic heterocycles. The average Bonchev–Trinajstić information content (AvgIpc) is 3.16. The fourth-order valence-electron chi connectivity index (χ4n) is 3.46. The second-order valence-electron chi connectivity index (χ2n) is 7.91. The fourth-order valence-corrected chi connectivity index (χ4v) is 3.46. The largest absolute Gasteiger partial charge is 0.480 e. The lowest BCUT2D eigenvalue weighted by atomic mass is 9.92. The van der Waals surface area contributed by atoms with Crippen LogP contribution < -0.4 is 0 Å². The van der Waals surface area contributed by atoms with E-state index in [1.165, 1.54) is 0 Å². The Morgan fingerprint density at radius 3 is 2.92 bits per heavy atom. The molecule has 7 nitrogen and oxygen atoms in total. The molecule has 3 heterocycles. The summed E-state index contributed by atoms with van der Waals surface area (Å²) >= 11 is 0. The summed E-state index contributed by atoms with van der Waals surface area (Å²) in [5.41, 5.74) is 3.27. The average molecular weight is 345 g/mol. The van der Waals surface area contributed by atoms with Crippen molar-refractivity contribution < 1.29 is 9.90 Å². The Morgan fingerprint density at radius 1 is 1.44 bits per heavy atom. The summed E-state index contributed by atoms with van der Waals surface area (Å²) in [7, 11) is 0. The van der Waals surface area contributed by atoms with Crippen molar-refractivity contribution in [3.8, 4) is 0 Å². The fraction of sp³-hybridized carbons (Fsp3) is 0.611. The molecule has 0 aromatic carbocycles. The van der Waals surface area contributed by atoms with Crippen LogP contribution in [0.25, 0.3) is 0 Å². The van der Waals surface area contributed by atoms with Crippen LogP contribution in [0.1, 0.15) is 56.6 Å². The van der Waals surface area contributed by atoms with Gasteiger partial charge in [0.05, 0.1) is 5.69 Å². The molecule has 0 unspecified atom stereocenters. The number of aromatic nitrogens is 4. The number of aliphatic carboxylic acids is 1. The lowest BCUT2D eigenvalue weighted by Crippen LogP contribution is -2.35. The molecule has 1 aliphatic rings. The molecule has 1 saturated heterocycles. The Hall–Kier alpha value is -2.15. The van der Waals surface area contributed by atoms with Gasteiger partial charge in [0.15, 0.2) is 0 Å². The monoisotopic (exact) mass is 345 g/mol. The van der Waals surface area contributed by atoms with E-state index in [1.54, 1.807) is 10.9 Å². The van der Waals surface area contributed by atoms with Gasteiger partial charge in [-0.05, 0) is 31.5 Å². The van der Waals surface area contributed by atoms with E-state index in [2.05, 4.69) is 47.0 Å². The van der Waals surface area contributed by atoms with Crippen LogP contribution >= 0.6 is 0 Å². The molecular formula is C18H27N5O2. The number of H-pyrrole nitrogens is 1. The maximum Gasteiger partial charge on any atom is 0.325 e. The summed E-state index contributed by atoms with van der Waals surface area (Å²) < 4.78 is 1.62. The Labute approximate surface area is 148 Å². The normalized spacial score (nSPS) is 19.2. The number of nitrogens with one attached hydrogen (secondary N) is 1. The van der Waals surface area contributed by atoms with Gasteiger partial charge in [-0.25, -0.2) is 0 Å². The number of carboxylic acids is 1. The number of rotatable bonds is 5. The summed E-state index contributed by atoms with van der Waals surface area (Å²) in [5, 5.41) is 20.8. The van der Waals surface area contributed by atoms with Gasteiger partial charge >= 0.3 is 5.97 Å². The quantitative estimate of drug-likeness (QED) is 0.869. The molecule has 3 rings (SSSR count). The summed E-state index contributed by atoms with van der Waals surface area (Å²) in [5.74, 6) is -0.537. The van der Waals surface area contributed by atoms with Gasteiger partial charge in [0, 0.05) is 42.0 Å². The van der Waals surface area contributed by atoms with Crippen molar-refractivity contribution in [2.75, 3.05) is 13.1 Å². The standard InChI is InChI=1S/C18H27N5O2/c1-18(2,3)16-9-14(20-21-16)11-22-8-4-5-13(10-22)15-6-7-19-23(15)12-17(24)25/h6-7,9,13H,4-5,8,10-12H2,1-3H3,(H,20,21)(H,24,25)/t13-/m0/s1. The number of hydrogen-bond donors (Lipinski definition) is 2. The molecule has 2 N–H and O–H groups in total. The Kier molecular flexibility index (Phi) is 4.94. The molecule has 0 spiro atoms. The summed E-state index contributed by atoms with van der Waals surface area (Å²) in [6.07, 6.45) is 3.86. The molecule has 0 bridgehead atoms. The minimum Gasteiger partial charge on any atom is -0.480 e. The van der Waals surface area contributed by atoms with Crippen molar-refractivity contribution in [3.63, 3.8) is 0 Å². The van der Waals surface area contributed by atoms with Gasteiger partial charge in [0.25, 0.3) is 0 Å². The van der Waals surface area contributed by atoms with Crippen molar-refractivity contribution in [1.29, 1.82) is 0 Å². The Bertz CT molecular complexity index is 728. The SMILES string of the molecule is CC(C)(C)c1cc(CN2CCC[C@H](c3ccnn3CC(=O)O)C2)[nH]n1. The van der Waals surface area contributed by atoms with Crippen LogP contribution in [0, 0.1) is 0 Å². The van der Waals surface area contributed by atoms with Crippen molar-refractivity contribution in [2.24, 2.45) is 0 Å². The molecule has 1 aliphatic heterocycles. The minimum absolute atomic E-state index is 0.0442. The molecular weight excluding hydrogens is 318 g/mol. The van der Waals surface area contributed by atoms with Crippen LogP contribution in [0.5, 0.6) is 0 Å². The molecule has 0 radical (unpaired) electrons. The maximum absolute atomic E-state index is 11.0. The van der Waals surface area contributed by atoms with E-state index in [0.29, 0.717) is 5.92 Å². The molecule has 136 valence electrons. The molecule has 0 amide bonds. The zero-order valence-corrected chi connectivity index (χ0v) is 15.2. The van der Waals surface area contributed by atoms with Gasteiger partial charge in [-0.2, -0.15) is 10.2 Å². The third-order valence-electron chi connectivity index (χ3n) is 4.75. The highest BCUT2D eigenvalue weighted by molar-refractivity contribution is 5.66. The van der Waals surface area contributed by atoms with Crippen molar-refractivity contribution in [1.82, 2.24) is 24.9 Å². The summed E-state index contributed by atoms with van der Waals surface area (Å²) in [6.45, 7) is 9.21. The van der Waals surface area contributed by atoms with Gasteiger partial charge in [0.2, 0.25) is 0 Å². The Balaban J connectivity index is 1.66. The van der Waals surface area contributed by atoms with E-state index in [0.717, 1.165) is 49.6 Å². The van der Waals surface area contributed by atoms with E-state index in [9.17, 15) is 4.79 Å². The third-order valence-corrected chi connectivity index (χ3v) is 4.75. The molecule has 2 aromatic rings. The first-order valence-corrected chi connectivity index (χ1v) is 8.83. The second-order valence-corrected chi connectivity index (χ2v) is 7.91. The zero-order chi connectivity index (χ0) is 18.0. The first-order chi connectivity index (χ1) is 11.8. The minimum atomic E-state index is -0.857. The highest BCUT2D eigenvalue weighted by atomic mass is 16.4. The van der Waals surface area contributed by atoms with Gasteiger partial charge in [-0.1, -0.05) is 20.8 Å². The van der Waals surface area contributed by atoms with Gasteiger partial charge in [0.1, 0.15) is 6.54 Å². The maximum atomic E-state index is 11.0. The van der Waals surface area contributed by atoms with Gasteiger partial charge in [-0.15, -0.1) is 0 Å². The molecule has 0 aliphatic carbocycles. The first kappa shape index (κ1) is 17.7. The number of likely N-dealkylation sites (tertiary alicyclic amines) is 1. The van der Waals surface area contributed by atoms with E-state index in [1.807, 2.05) is 6.07 Å². The lowest BCUT2D eigenvalue weighted by Gasteiger charge is -2.32. The highest BCUT2D eigenvalue weighted by Gasteiger charge is 2.25. The predicted octanol–water partition coefficient (Wildman–Crippen LogP) is 2.37. The van der Waals surface area contributed by atoms with E-state index in [-0.39, 0.29) is 12.0 Å². The van der Waals surface area contributed by atoms with Crippen LogP contribution in [0.4, 0.5) is 0 Å². The first-order valence-electron chi connectivity index (χ1n) is 8.83. The topological polar surface area (TPSA) is 87.0 Å². The number of aromatic amines is 1. The number of hydrogen-bond acceptors (Lipinski definition) is 4.